The molecule has 0 atom stereocenters. The lowest BCUT2D eigenvalue weighted by Gasteiger charge is -2.15. The molecule has 0 saturated carbocycles. The maximum absolute atomic E-state index is 12.8. The standard InChI is InChI=1S/C19H17NO4S2/c1-3-24-14-9-7-13(8-10-14)20-18(22)16(26-19(20)25)11-12-5-4-6-15(23-2)17(12)21/h4-11,21H,3H2,1-2H3/b16-11-. The molecular weight excluding hydrogens is 370 g/mol. The molecule has 1 saturated heterocycles. The van der Waals surface area contributed by atoms with E-state index in [2.05, 4.69) is 0 Å². The number of methoxy groups -OCH3 is 1. The zero-order valence-electron chi connectivity index (χ0n) is 14.3. The van der Waals surface area contributed by atoms with E-state index in [9.17, 15) is 9.90 Å². The van der Waals surface area contributed by atoms with Crippen LogP contribution in [0, 0.1) is 0 Å². The first kappa shape index (κ1) is 18.3. The number of carbonyl (C=O) groups excluding carboxylic acids is 1. The van der Waals surface area contributed by atoms with Crippen molar-refractivity contribution < 1.29 is 19.4 Å². The topological polar surface area (TPSA) is 59.0 Å². The average Bonchev–Trinajstić information content (AvgIpc) is 2.91. The van der Waals surface area contributed by atoms with Gasteiger partial charge in [-0.2, -0.15) is 0 Å². The summed E-state index contributed by atoms with van der Waals surface area (Å²) >= 11 is 6.56. The number of phenols is 1. The number of amides is 1. The molecule has 5 nitrogen and oxygen atoms in total. The number of hydrogen-bond donors (Lipinski definition) is 1. The van der Waals surface area contributed by atoms with Crippen molar-refractivity contribution in [3.63, 3.8) is 0 Å². The van der Waals surface area contributed by atoms with Crippen molar-refractivity contribution in [3.05, 3.63) is 52.9 Å². The lowest BCUT2D eigenvalue weighted by Crippen LogP contribution is -2.27. The van der Waals surface area contributed by atoms with E-state index in [4.69, 9.17) is 21.7 Å². The minimum absolute atomic E-state index is 0.0127. The number of ether oxygens (including phenoxy) is 2. The Morgan fingerprint density at radius 2 is 1.96 bits per heavy atom. The fourth-order valence-electron chi connectivity index (χ4n) is 2.51. The first-order chi connectivity index (χ1) is 12.5. The number of thioether (sulfide) groups is 1. The van der Waals surface area contributed by atoms with Crippen LogP contribution in [0.5, 0.6) is 17.2 Å². The van der Waals surface area contributed by atoms with Gasteiger partial charge in [-0.3, -0.25) is 9.69 Å². The first-order valence-corrected chi connectivity index (χ1v) is 9.14. The Balaban J connectivity index is 1.89. The van der Waals surface area contributed by atoms with Crippen molar-refractivity contribution in [1.82, 2.24) is 0 Å². The molecule has 1 fully saturated rings. The summed E-state index contributed by atoms with van der Waals surface area (Å²) in [5, 5.41) is 10.2. The van der Waals surface area contributed by atoms with Crippen LogP contribution >= 0.6 is 24.0 Å². The fourth-order valence-corrected chi connectivity index (χ4v) is 3.80. The lowest BCUT2D eigenvalue weighted by atomic mass is 10.1. The van der Waals surface area contributed by atoms with E-state index in [0.29, 0.717) is 32.8 Å². The van der Waals surface area contributed by atoms with Gasteiger partial charge >= 0.3 is 0 Å². The quantitative estimate of drug-likeness (QED) is 0.613. The zero-order valence-corrected chi connectivity index (χ0v) is 15.9. The highest BCUT2D eigenvalue weighted by molar-refractivity contribution is 8.27. The van der Waals surface area contributed by atoms with Gasteiger partial charge in [0.05, 0.1) is 24.3 Å². The number of nitrogens with zero attached hydrogens (tertiary/aromatic N) is 1. The van der Waals surface area contributed by atoms with Crippen LogP contribution in [-0.2, 0) is 4.79 Å². The highest BCUT2D eigenvalue weighted by atomic mass is 32.2. The number of aromatic hydroxyl groups is 1. The molecule has 0 spiro atoms. The van der Waals surface area contributed by atoms with E-state index in [1.807, 2.05) is 6.92 Å². The summed E-state index contributed by atoms with van der Waals surface area (Å²) in [4.78, 5) is 14.7. The molecule has 1 amide bonds. The second-order valence-corrected chi connectivity index (χ2v) is 7.02. The third-order valence-corrected chi connectivity index (χ3v) is 5.04. The second kappa shape index (κ2) is 7.80. The van der Waals surface area contributed by atoms with Crippen molar-refractivity contribution in [2.24, 2.45) is 0 Å². The largest absolute Gasteiger partial charge is 0.504 e. The zero-order chi connectivity index (χ0) is 18.7. The summed E-state index contributed by atoms with van der Waals surface area (Å²) in [6.07, 6.45) is 1.62. The minimum Gasteiger partial charge on any atom is -0.504 e. The summed E-state index contributed by atoms with van der Waals surface area (Å²) in [6.45, 7) is 2.49. The van der Waals surface area contributed by atoms with Gasteiger partial charge in [0.25, 0.3) is 5.91 Å². The number of thiocarbonyl (C=S) groups is 1. The van der Waals surface area contributed by atoms with E-state index in [-0.39, 0.29) is 11.7 Å². The third kappa shape index (κ3) is 3.54. The molecule has 1 N–H and O–H groups in total. The highest BCUT2D eigenvalue weighted by Gasteiger charge is 2.33. The maximum atomic E-state index is 12.8. The van der Waals surface area contributed by atoms with Crippen molar-refractivity contribution in [1.29, 1.82) is 0 Å². The van der Waals surface area contributed by atoms with Crippen LogP contribution in [0.3, 0.4) is 0 Å². The van der Waals surface area contributed by atoms with E-state index in [1.54, 1.807) is 48.5 Å². The number of phenolic OH excluding ortho intramolecular Hbond substituents is 1. The average molecular weight is 387 g/mol. The molecule has 1 aliphatic rings. The van der Waals surface area contributed by atoms with Gasteiger partial charge in [0.2, 0.25) is 0 Å². The normalized spacial score (nSPS) is 15.6. The molecule has 26 heavy (non-hydrogen) atoms. The third-order valence-electron chi connectivity index (χ3n) is 3.74. The van der Waals surface area contributed by atoms with Crippen LogP contribution in [0.2, 0.25) is 0 Å². The molecule has 0 bridgehead atoms. The van der Waals surface area contributed by atoms with Crippen LogP contribution in [-0.4, -0.2) is 29.1 Å². The number of benzene rings is 2. The highest BCUT2D eigenvalue weighted by Crippen LogP contribution is 2.38. The van der Waals surface area contributed by atoms with Gasteiger partial charge in [-0.15, -0.1) is 0 Å². The van der Waals surface area contributed by atoms with Crippen molar-refractivity contribution >= 4 is 46.0 Å². The monoisotopic (exact) mass is 387 g/mol. The van der Waals surface area contributed by atoms with Crippen LogP contribution in [0.1, 0.15) is 12.5 Å². The molecule has 0 unspecified atom stereocenters. The Bertz CT molecular complexity index is 878. The Hall–Kier alpha value is -2.51. The van der Waals surface area contributed by atoms with Gasteiger partial charge in [0, 0.05) is 5.56 Å². The molecular formula is C19H17NO4S2. The maximum Gasteiger partial charge on any atom is 0.270 e. The van der Waals surface area contributed by atoms with Crippen LogP contribution in [0.25, 0.3) is 6.08 Å². The molecule has 2 aromatic rings. The molecule has 0 aliphatic carbocycles. The van der Waals surface area contributed by atoms with Crippen LogP contribution in [0.4, 0.5) is 5.69 Å². The summed E-state index contributed by atoms with van der Waals surface area (Å²) in [5.74, 6) is 0.840. The van der Waals surface area contributed by atoms with Gasteiger partial charge in [0.1, 0.15) is 5.75 Å². The molecule has 7 heteroatoms. The first-order valence-electron chi connectivity index (χ1n) is 7.92. The summed E-state index contributed by atoms with van der Waals surface area (Å²) in [7, 11) is 1.48. The lowest BCUT2D eigenvalue weighted by molar-refractivity contribution is -0.113. The van der Waals surface area contributed by atoms with Crippen LogP contribution < -0.4 is 14.4 Å². The van der Waals surface area contributed by atoms with Gasteiger partial charge in [-0.25, -0.2) is 0 Å². The predicted octanol–water partition coefficient (Wildman–Crippen LogP) is 4.21. The van der Waals surface area contributed by atoms with Crippen LogP contribution in [0.15, 0.2) is 47.4 Å². The van der Waals surface area contributed by atoms with E-state index in [0.717, 1.165) is 5.75 Å². The number of rotatable bonds is 5. The number of para-hydroxylation sites is 1. The molecule has 2 aromatic carbocycles. The van der Waals surface area contributed by atoms with Gasteiger partial charge in [-0.1, -0.05) is 36.1 Å². The molecule has 1 heterocycles. The summed E-state index contributed by atoms with van der Waals surface area (Å²) in [5.41, 5.74) is 1.17. The van der Waals surface area contributed by atoms with E-state index >= 15 is 0 Å². The van der Waals surface area contributed by atoms with Gasteiger partial charge < -0.3 is 14.6 Å². The summed E-state index contributed by atoms with van der Waals surface area (Å²) in [6, 6.07) is 12.3. The molecule has 0 aromatic heterocycles. The predicted molar refractivity (Wildman–Crippen MR) is 108 cm³/mol. The minimum atomic E-state index is -0.230. The molecule has 3 rings (SSSR count). The Morgan fingerprint density at radius 3 is 2.62 bits per heavy atom. The molecule has 1 aliphatic heterocycles. The Labute approximate surface area is 161 Å². The van der Waals surface area contributed by atoms with Gasteiger partial charge in [-0.05, 0) is 43.3 Å². The number of anilines is 1. The fraction of sp³-hybridized carbons (Fsp3) is 0.158. The molecule has 134 valence electrons. The Kier molecular flexibility index (Phi) is 5.49. The summed E-state index contributed by atoms with van der Waals surface area (Å²) < 4.78 is 11.0. The molecule has 0 radical (unpaired) electrons. The SMILES string of the molecule is CCOc1ccc(N2C(=O)/C(=C/c3cccc(OC)c3O)SC2=S)cc1. The van der Waals surface area contributed by atoms with Crippen molar-refractivity contribution in [3.8, 4) is 17.2 Å². The van der Waals surface area contributed by atoms with Crippen molar-refractivity contribution in [2.75, 3.05) is 18.6 Å². The number of carbonyl (C=O) groups is 1. The number of hydrogen-bond acceptors (Lipinski definition) is 6. The second-order valence-electron chi connectivity index (χ2n) is 5.34. The Morgan fingerprint density at radius 1 is 1.23 bits per heavy atom. The van der Waals surface area contributed by atoms with Crippen molar-refractivity contribution in [2.45, 2.75) is 6.92 Å². The van der Waals surface area contributed by atoms with Gasteiger partial charge in [0.15, 0.2) is 15.8 Å². The van der Waals surface area contributed by atoms with E-state index < -0.39 is 0 Å². The smallest absolute Gasteiger partial charge is 0.270 e. The van der Waals surface area contributed by atoms with E-state index in [1.165, 1.54) is 23.8 Å².